The number of hydrogen-bond acceptors (Lipinski definition) is 4. The molecule has 7 heteroatoms. The largest absolute Gasteiger partial charge is 0.459 e. The summed E-state index contributed by atoms with van der Waals surface area (Å²) in [6.07, 6.45) is 6.93. The van der Waals surface area contributed by atoms with Gasteiger partial charge < -0.3 is 19.6 Å². The SMILES string of the molecule is O=C(NC1CCCN(C(=O)c2ccco2)C1)c1cc2c([nH]c1=O)CCCC2. The van der Waals surface area contributed by atoms with Gasteiger partial charge in [-0.1, -0.05) is 0 Å². The Labute approximate surface area is 156 Å². The minimum absolute atomic E-state index is 0.158. The Morgan fingerprint density at radius 1 is 1.22 bits per heavy atom. The molecule has 3 heterocycles. The van der Waals surface area contributed by atoms with Gasteiger partial charge in [0.15, 0.2) is 5.76 Å². The average Bonchev–Trinajstić information content (AvgIpc) is 3.21. The van der Waals surface area contributed by atoms with Crippen LogP contribution in [0.5, 0.6) is 0 Å². The Morgan fingerprint density at radius 2 is 2.07 bits per heavy atom. The van der Waals surface area contributed by atoms with Crippen molar-refractivity contribution >= 4 is 11.8 Å². The first-order chi connectivity index (χ1) is 13.1. The summed E-state index contributed by atoms with van der Waals surface area (Å²) in [5, 5.41) is 2.93. The Kier molecular flexibility index (Phi) is 4.83. The number of likely N-dealkylation sites (tertiary alicyclic amines) is 1. The number of carbonyl (C=O) groups excluding carboxylic acids is 2. The molecule has 1 atom stereocenters. The molecule has 0 bridgehead atoms. The molecule has 0 aromatic carbocycles. The van der Waals surface area contributed by atoms with Gasteiger partial charge in [0.25, 0.3) is 17.4 Å². The number of carbonyl (C=O) groups is 2. The van der Waals surface area contributed by atoms with E-state index in [2.05, 4.69) is 10.3 Å². The highest BCUT2D eigenvalue weighted by molar-refractivity contribution is 5.94. The minimum atomic E-state index is -0.373. The number of piperidine rings is 1. The Bertz CT molecular complexity index is 900. The van der Waals surface area contributed by atoms with Crippen molar-refractivity contribution in [3.05, 3.63) is 57.4 Å². The van der Waals surface area contributed by atoms with Crippen LogP contribution in [-0.2, 0) is 12.8 Å². The van der Waals surface area contributed by atoms with Crippen molar-refractivity contribution in [2.24, 2.45) is 0 Å². The van der Waals surface area contributed by atoms with Gasteiger partial charge in [-0.3, -0.25) is 14.4 Å². The van der Waals surface area contributed by atoms with E-state index < -0.39 is 0 Å². The number of pyridine rings is 1. The van der Waals surface area contributed by atoms with E-state index in [1.54, 1.807) is 23.1 Å². The predicted molar refractivity (Wildman–Crippen MR) is 98.8 cm³/mol. The molecular weight excluding hydrogens is 346 g/mol. The van der Waals surface area contributed by atoms with Crippen molar-refractivity contribution in [2.75, 3.05) is 13.1 Å². The van der Waals surface area contributed by atoms with Gasteiger partial charge in [-0.25, -0.2) is 0 Å². The van der Waals surface area contributed by atoms with Crippen LogP contribution in [0.3, 0.4) is 0 Å². The van der Waals surface area contributed by atoms with Gasteiger partial charge in [-0.2, -0.15) is 0 Å². The first kappa shape index (κ1) is 17.6. The van der Waals surface area contributed by atoms with Crippen LogP contribution in [0.1, 0.15) is 57.9 Å². The van der Waals surface area contributed by atoms with Crippen LogP contribution in [0.15, 0.2) is 33.7 Å². The molecule has 2 aromatic rings. The molecule has 1 unspecified atom stereocenters. The maximum absolute atomic E-state index is 12.7. The molecule has 1 fully saturated rings. The monoisotopic (exact) mass is 369 g/mol. The fourth-order valence-electron chi connectivity index (χ4n) is 3.94. The number of hydrogen-bond donors (Lipinski definition) is 2. The summed E-state index contributed by atoms with van der Waals surface area (Å²) in [6.45, 7) is 1.04. The molecule has 2 aliphatic rings. The molecule has 2 N–H and O–H groups in total. The summed E-state index contributed by atoms with van der Waals surface area (Å²) in [5.41, 5.74) is 1.83. The van der Waals surface area contributed by atoms with Gasteiger partial charge in [-0.15, -0.1) is 0 Å². The van der Waals surface area contributed by atoms with Crippen molar-refractivity contribution in [3.8, 4) is 0 Å². The minimum Gasteiger partial charge on any atom is -0.459 e. The zero-order valence-electron chi connectivity index (χ0n) is 15.1. The molecule has 7 nitrogen and oxygen atoms in total. The second kappa shape index (κ2) is 7.42. The van der Waals surface area contributed by atoms with E-state index in [0.29, 0.717) is 18.8 Å². The third-order valence-corrected chi connectivity index (χ3v) is 5.36. The fourth-order valence-corrected chi connectivity index (χ4v) is 3.94. The third-order valence-electron chi connectivity index (χ3n) is 5.36. The van der Waals surface area contributed by atoms with Crippen LogP contribution in [0.25, 0.3) is 0 Å². The van der Waals surface area contributed by atoms with Crippen molar-refractivity contribution in [3.63, 3.8) is 0 Å². The number of furan rings is 1. The smallest absolute Gasteiger partial charge is 0.289 e. The number of aromatic amines is 1. The van der Waals surface area contributed by atoms with Crippen molar-refractivity contribution in [1.82, 2.24) is 15.2 Å². The summed E-state index contributed by atoms with van der Waals surface area (Å²) in [7, 11) is 0. The van der Waals surface area contributed by atoms with E-state index in [-0.39, 0.29) is 29.0 Å². The van der Waals surface area contributed by atoms with Crippen LogP contribution in [0.2, 0.25) is 0 Å². The van der Waals surface area contributed by atoms with Gasteiger partial charge in [0.1, 0.15) is 5.56 Å². The van der Waals surface area contributed by atoms with Gasteiger partial charge in [0.2, 0.25) is 0 Å². The second-order valence-electron chi connectivity index (χ2n) is 7.26. The Hall–Kier alpha value is -2.83. The molecule has 0 radical (unpaired) electrons. The van der Waals surface area contributed by atoms with Gasteiger partial charge >= 0.3 is 0 Å². The molecule has 142 valence electrons. The zero-order valence-corrected chi connectivity index (χ0v) is 15.1. The highest BCUT2D eigenvalue weighted by atomic mass is 16.3. The van der Waals surface area contributed by atoms with E-state index >= 15 is 0 Å². The summed E-state index contributed by atoms with van der Waals surface area (Å²) in [6, 6.07) is 4.87. The molecule has 27 heavy (non-hydrogen) atoms. The number of H-pyrrole nitrogens is 1. The molecular formula is C20H23N3O4. The quantitative estimate of drug-likeness (QED) is 0.864. The Balaban J connectivity index is 1.45. The van der Waals surface area contributed by atoms with E-state index in [0.717, 1.165) is 49.8 Å². The molecule has 2 amide bonds. The number of fused-ring (bicyclic) bond motifs is 1. The maximum Gasteiger partial charge on any atom is 0.289 e. The molecule has 0 saturated carbocycles. The highest BCUT2D eigenvalue weighted by Crippen LogP contribution is 2.19. The van der Waals surface area contributed by atoms with E-state index in [1.807, 2.05) is 0 Å². The Morgan fingerprint density at radius 3 is 2.89 bits per heavy atom. The zero-order chi connectivity index (χ0) is 18.8. The third kappa shape index (κ3) is 3.67. The van der Waals surface area contributed by atoms with Crippen LogP contribution in [0, 0.1) is 0 Å². The molecule has 0 spiro atoms. The lowest BCUT2D eigenvalue weighted by Gasteiger charge is -2.32. The lowest BCUT2D eigenvalue weighted by atomic mass is 9.95. The summed E-state index contributed by atoms with van der Waals surface area (Å²) in [5.74, 6) is -0.249. The van der Waals surface area contributed by atoms with Crippen LogP contribution in [0.4, 0.5) is 0 Å². The molecule has 1 aliphatic carbocycles. The van der Waals surface area contributed by atoms with Crippen LogP contribution in [-0.4, -0.2) is 40.8 Å². The van der Waals surface area contributed by atoms with E-state index in [4.69, 9.17) is 4.42 Å². The van der Waals surface area contributed by atoms with Gasteiger partial charge in [0, 0.05) is 24.8 Å². The predicted octanol–water partition coefficient (Wildman–Crippen LogP) is 1.88. The average molecular weight is 369 g/mol. The lowest BCUT2D eigenvalue weighted by Crippen LogP contribution is -2.50. The molecule has 2 aromatic heterocycles. The number of nitrogens with zero attached hydrogens (tertiary/aromatic N) is 1. The highest BCUT2D eigenvalue weighted by Gasteiger charge is 2.27. The van der Waals surface area contributed by atoms with E-state index in [1.165, 1.54) is 6.26 Å². The topological polar surface area (TPSA) is 95.4 Å². The van der Waals surface area contributed by atoms with Crippen LogP contribution >= 0.6 is 0 Å². The normalized spacial score (nSPS) is 19.4. The fraction of sp³-hybridized carbons (Fsp3) is 0.450. The number of amides is 2. The maximum atomic E-state index is 12.7. The number of rotatable bonds is 3. The summed E-state index contributed by atoms with van der Waals surface area (Å²) in [4.78, 5) is 42.0. The van der Waals surface area contributed by atoms with Gasteiger partial charge in [-0.05, 0) is 62.3 Å². The van der Waals surface area contributed by atoms with Crippen LogP contribution < -0.4 is 10.9 Å². The molecule has 1 saturated heterocycles. The first-order valence-corrected chi connectivity index (χ1v) is 9.50. The van der Waals surface area contributed by atoms with Crippen molar-refractivity contribution in [1.29, 1.82) is 0 Å². The first-order valence-electron chi connectivity index (χ1n) is 9.50. The summed E-state index contributed by atoms with van der Waals surface area (Å²) >= 11 is 0. The number of aryl methyl sites for hydroxylation is 2. The number of nitrogens with one attached hydrogen (secondary N) is 2. The van der Waals surface area contributed by atoms with Gasteiger partial charge in [0.05, 0.1) is 6.26 Å². The lowest BCUT2D eigenvalue weighted by molar-refractivity contribution is 0.0646. The number of aromatic nitrogens is 1. The van der Waals surface area contributed by atoms with E-state index in [9.17, 15) is 14.4 Å². The van der Waals surface area contributed by atoms with Crippen molar-refractivity contribution in [2.45, 2.75) is 44.6 Å². The standard InChI is InChI=1S/C20H23N3O4/c24-18(15-11-13-5-1-2-7-16(13)22-19(15)25)21-14-6-3-9-23(12-14)20(26)17-8-4-10-27-17/h4,8,10-11,14H,1-3,5-7,9,12H2,(H,21,24)(H,22,25). The second-order valence-corrected chi connectivity index (χ2v) is 7.26. The summed E-state index contributed by atoms with van der Waals surface area (Å²) < 4.78 is 5.18. The molecule has 4 rings (SSSR count). The molecule has 1 aliphatic heterocycles. The van der Waals surface area contributed by atoms with Crippen molar-refractivity contribution < 1.29 is 14.0 Å².